The molecular weight excluding hydrogens is 455 g/mol. The number of aliphatic carboxylic acids is 1. The molecule has 1 aromatic heterocycles. The number of aryl methyl sites for hydroxylation is 3. The van der Waals surface area contributed by atoms with Crippen molar-refractivity contribution in [3.05, 3.63) is 93.1 Å². The van der Waals surface area contributed by atoms with Crippen LogP contribution in [-0.4, -0.2) is 22.0 Å². The van der Waals surface area contributed by atoms with Crippen LogP contribution in [0.5, 0.6) is 17.2 Å². The van der Waals surface area contributed by atoms with E-state index in [4.69, 9.17) is 9.84 Å². The van der Waals surface area contributed by atoms with Crippen LogP contribution in [0.25, 0.3) is 16.2 Å². The first-order chi connectivity index (χ1) is 16.1. The van der Waals surface area contributed by atoms with Crippen molar-refractivity contribution in [1.82, 2.24) is 0 Å². The molecule has 0 spiro atoms. The van der Waals surface area contributed by atoms with Gasteiger partial charge >= 0.3 is 5.97 Å². The number of hydrogen-bond donors (Lipinski definition) is 2. The molecule has 2 N–H and O–H groups in total. The number of phenolic OH excluding ortho intramolecular Hbond substituents is 1. The summed E-state index contributed by atoms with van der Waals surface area (Å²) < 4.78 is 20.8. The summed E-state index contributed by atoms with van der Waals surface area (Å²) in [5.74, 6) is -0.812. The fourth-order valence-corrected chi connectivity index (χ4v) is 4.97. The van der Waals surface area contributed by atoms with Crippen LogP contribution in [0.3, 0.4) is 0 Å². The molecule has 0 aliphatic carbocycles. The predicted molar refractivity (Wildman–Crippen MR) is 131 cm³/mol. The van der Waals surface area contributed by atoms with Gasteiger partial charge in [-0.2, -0.15) is 0 Å². The second-order valence-corrected chi connectivity index (χ2v) is 9.04. The number of carboxylic acid groups (broad SMARTS) is 1. The van der Waals surface area contributed by atoms with Crippen molar-refractivity contribution in [1.29, 1.82) is 0 Å². The summed E-state index contributed by atoms with van der Waals surface area (Å²) >= 11 is 1.20. The highest BCUT2D eigenvalue weighted by Crippen LogP contribution is 2.43. The number of fused-ring (bicyclic) bond motifs is 1. The van der Waals surface area contributed by atoms with E-state index in [2.05, 4.69) is 0 Å². The summed E-state index contributed by atoms with van der Waals surface area (Å²) in [4.78, 5) is 24.8. The molecule has 7 heteroatoms. The van der Waals surface area contributed by atoms with Crippen molar-refractivity contribution in [3.63, 3.8) is 0 Å². The minimum absolute atomic E-state index is 0.0687. The standard InChI is InChI=1S/C27H21FO5S/c1-14-10-17(5-9-23(30)31)4-8-21(14)33-26-20-7-6-19(29)13-22(20)34-27(26)25(32)24-15(2)11-18(28)12-16(24)3/h4-13,29H,1-3H3,(H,30,31)/b9-5+. The van der Waals surface area contributed by atoms with Crippen LogP contribution in [0.4, 0.5) is 4.39 Å². The van der Waals surface area contributed by atoms with Gasteiger partial charge in [-0.1, -0.05) is 6.07 Å². The molecule has 5 nitrogen and oxygen atoms in total. The van der Waals surface area contributed by atoms with E-state index >= 15 is 0 Å². The van der Waals surface area contributed by atoms with E-state index in [1.807, 2.05) is 6.92 Å². The second kappa shape index (κ2) is 9.11. The largest absolute Gasteiger partial charge is 0.508 e. The maximum atomic E-state index is 13.8. The average Bonchev–Trinajstić information content (AvgIpc) is 3.10. The van der Waals surface area contributed by atoms with Crippen LogP contribution in [0.1, 0.15) is 37.5 Å². The maximum Gasteiger partial charge on any atom is 0.328 e. The van der Waals surface area contributed by atoms with Crippen LogP contribution in [0, 0.1) is 26.6 Å². The van der Waals surface area contributed by atoms with Crippen LogP contribution >= 0.6 is 11.3 Å². The van der Waals surface area contributed by atoms with E-state index < -0.39 is 11.8 Å². The summed E-state index contributed by atoms with van der Waals surface area (Å²) in [6.07, 6.45) is 2.54. The van der Waals surface area contributed by atoms with E-state index in [-0.39, 0.29) is 11.5 Å². The highest BCUT2D eigenvalue weighted by Gasteiger charge is 2.25. The van der Waals surface area contributed by atoms with E-state index in [9.17, 15) is 19.1 Å². The zero-order valence-corrected chi connectivity index (χ0v) is 19.5. The van der Waals surface area contributed by atoms with Gasteiger partial charge in [0.1, 0.15) is 22.2 Å². The molecule has 0 saturated carbocycles. The minimum atomic E-state index is -1.04. The molecule has 172 valence electrons. The Hall–Kier alpha value is -3.97. The number of ether oxygens (including phenoxy) is 1. The van der Waals surface area contributed by atoms with E-state index in [1.165, 1.54) is 35.6 Å². The Balaban J connectivity index is 1.83. The number of carbonyl (C=O) groups excluding carboxylic acids is 1. The van der Waals surface area contributed by atoms with E-state index in [0.717, 1.165) is 11.6 Å². The molecule has 0 saturated heterocycles. The monoisotopic (exact) mass is 476 g/mol. The average molecular weight is 477 g/mol. The van der Waals surface area contributed by atoms with Crippen molar-refractivity contribution in [2.24, 2.45) is 0 Å². The molecular formula is C27H21FO5S. The number of benzene rings is 3. The van der Waals surface area contributed by atoms with Gasteiger partial charge < -0.3 is 14.9 Å². The molecule has 0 aliphatic heterocycles. The van der Waals surface area contributed by atoms with Crippen LogP contribution < -0.4 is 4.74 Å². The Bertz CT molecular complexity index is 1460. The summed E-state index contributed by atoms with van der Waals surface area (Å²) in [5.41, 5.74) is 2.91. The molecule has 0 atom stereocenters. The zero-order valence-electron chi connectivity index (χ0n) is 18.7. The third-order valence-electron chi connectivity index (χ3n) is 5.39. The van der Waals surface area contributed by atoms with Crippen molar-refractivity contribution >= 4 is 39.3 Å². The fourth-order valence-electron chi connectivity index (χ4n) is 3.86. The molecule has 0 radical (unpaired) electrons. The third kappa shape index (κ3) is 4.56. The quantitative estimate of drug-likeness (QED) is 0.236. The normalized spacial score (nSPS) is 11.3. The third-order valence-corrected chi connectivity index (χ3v) is 6.52. The van der Waals surface area contributed by atoms with Crippen molar-refractivity contribution in [3.8, 4) is 17.2 Å². The Morgan fingerprint density at radius 2 is 1.68 bits per heavy atom. The van der Waals surface area contributed by atoms with Gasteiger partial charge in [-0.05, 0) is 91.6 Å². The van der Waals surface area contributed by atoms with Gasteiger partial charge in [-0.25, -0.2) is 9.18 Å². The number of thiophene rings is 1. The molecule has 34 heavy (non-hydrogen) atoms. The molecule has 0 amide bonds. The molecule has 0 aliphatic rings. The molecule has 0 unspecified atom stereocenters. The molecule has 0 fully saturated rings. The van der Waals surface area contributed by atoms with Crippen molar-refractivity contribution in [2.75, 3.05) is 0 Å². The van der Waals surface area contributed by atoms with Gasteiger partial charge in [0, 0.05) is 21.7 Å². The first-order valence-corrected chi connectivity index (χ1v) is 11.2. The smallest absolute Gasteiger partial charge is 0.328 e. The lowest BCUT2D eigenvalue weighted by molar-refractivity contribution is -0.131. The SMILES string of the molecule is Cc1cc(/C=C/C(=O)O)ccc1Oc1c(C(=O)c2c(C)cc(F)cc2C)sc2cc(O)ccc12. The van der Waals surface area contributed by atoms with Gasteiger partial charge in [-0.15, -0.1) is 11.3 Å². The summed E-state index contributed by atoms with van der Waals surface area (Å²) in [5, 5.41) is 19.5. The summed E-state index contributed by atoms with van der Waals surface area (Å²) in [7, 11) is 0. The Labute approximate surface area is 199 Å². The highest BCUT2D eigenvalue weighted by atomic mass is 32.1. The lowest BCUT2D eigenvalue weighted by atomic mass is 9.97. The summed E-state index contributed by atoms with van der Waals surface area (Å²) in [6, 6.07) is 12.7. The van der Waals surface area contributed by atoms with E-state index in [1.54, 1.807) is 44.2 Å². The van der Waals surface area contributed by atoms with Gasteiger partial charge in [0.2, 0.25) is 5.78 Å². The number of phenols is 1. The Morgan fingerprint density at radius 1 is 0.971 bits per heavy atom. The zero-order chi connectivity index (χ0) is 24.6. The van der Waals surface area contributed by atoms with Gasteiger partial charge in [0.15, 0.2) is 5.75 Å². The number of ketones is 1. The number of rotatable bonds is 6. The lowest BCUT2D eigenvalue weighted by Crippen LogP contribution is -2.06. The summed E-state index contributed by atoms with van der Waals surface area (Å²) in [6.45, 7) is 5.20. The Kier molecular flexibility index (Phi) is 6.22. The fraction of sp³-hybridized carbons (Fsp3) is 0.111. The first kappa shape index (κ1) is 23.2. The second-order valence-electron chi connectivity index (χ2n) is 7.98. The molecule has 1 heterocycles. The van der Waals surface area contributed by atoms with Crippen molar-refractivity contribution in [2.45, 2.75) is 20.8 Å². The number of halogens is 1. The maximum absolute atomic E-state index is 13.8. The van der Waals surface area contributed by atoms with Crippen LogP contribution in [0.2, 0.25) is 0 Å². The predicted octanol–water partition coefficient (Wildman–Crippen LogP) is 6.79. The molecule has 3 aromatic carbocycles. The van der Waals surface area contributed by atoms with E-state index in [0.29, 0.717) is 48.7 Å². The number of aromatic hydroxyl groups is 1. The number of carbonyl (C=O) groups is 2. The van der Waals surface area contributed by atoms with Gasteiger partial charge in [0.05, 0.1) is 0 Å². The number of carboxylic acids is 1. The molecule has 4 aromatic rings. The van der Waals surface area contributed by atoms with Crippen molar-refractivity contribution < 1.29 is 28.9 Å². The lowest BCUT2D eigenvalue weighted by Gasteiger charge is -2.13. The first-order valence-electron chi connectivity index (χ1n) is 10.4. The highest BCUT2D eigenvalue weighted by molar-refractivity contribution is 7.21. The topological polar surface area (TPSA) is 83.8 Å². The Morgan fingerprint density at radius 3 is 2.32 bits per heavy atom. The molecule has 0 bridgehead atoms. The van der Waals surface area contributed by atoms with Crippen LogP contribution in [0.15, 0.2) is 54.6 Å². The van der Waals surface area contributed by atoms with Crippen LogP contribution in [-0.2, 0) is 4.79 Å². The molecule has 4 rings (SSSR count). The van der Waals surface area contributed by atoms with Gasteiger partial charge in [0.25, 0.3) is 0 Å². The van der Waals surface area contributed by atoms with Gasteiger partial charge in [-0.3, -0.25) is 4.79 Å². The minimum Gasteiger partial charge on any atom is -0.508 e. The number of hydrogen-bond acceptors (Lipinski definition) is 5.